The third-order valence-corrected chi connectivity index (χ3v) is 7.24. The van der Waals surface area contributed by atoms with E-state index < -0.39 is 0 Å². The maximum absolute atomic E-state index is 13.6. The zero-order valence-corrected chi connectivity index (χ0v) is 20.4. The number of hydrogen-bond acceptors (Lipinski definition) is 3. The molecule has 2 fully saturated rings. The molecule has 0 atom stereocenters. The van der Waals surface area contributed by atoms with Crippen LogP contribution in [0, 0.1) is 11.6 Å². The zero-order chi connectivity index (χ0) is 24.9. The van der Waals surface area contributed by atoms with Gasteiger partial charge in [-0.25, -0.2) is 13.6 Å². The molecule has 188 valence electrons. The molecule has 3 heterocycles. The second kappa shape index (κ2) is 11.1. The Morgan fingerprint density at radius 2 is 1.47 bits per heavy atom. The smallest absolute Gasteiger partial charge is 0.317 e. The summed E-state index contributed by atoms with van der Waals surface area (Å²) in [6.45, 7) is 3.46. The Bertz CT molecular complexity index is 1160. The van der Waals surface area contributed by atoms with E-state index in [9.17, 15) is 13.6 Å². The Hall–Kier alpha value is -3.48. The lowest BCUT2D eigenvalue weighted by Crippen LogP contribution is -2.48. The fourth-order valence-corrected chi connectivity index (χ4v) is 5.19. The number of amides is 2. The summed E-state index contributed by atoms with van der Waals surface area (Å²) < 4.78 is 27.2. The molecule has 2 saturated heterocycles. The summed E-state index contributed by atoms with van der Waals surface area (Å²) in [5.41, 5.74) is 4.51. The lowest BCUT2D eigenvalue weighted by Gasteiger charge is -2.36. The first-order valence-electron chi connectivity index (χ1n) is 12.9. The van der Waals surface area contributed by atoms with Crippen molar-refractivity contribution in [1.29, 1.82) is 0 Å². The Morgan fingerprint density at radius 3 is 2.11 bits per heavy atom. The number of nitrogens with one attached hydrogen (secondary N) is 1. The van der Waals surface area contributed by atoms with Gasteiger partial charge in [-0.1, -0.05) is 18.2 Å². The first-order valence-corrected chi connectivity index (χ1v) is 12.9. The zero-order valence-electron chi connectivity index (χ0n) is 20.4. The van der Waals surface area contributed by atoms with E-state index >= 15 is 0 Å². The number of rotatable bonds is 4. The summed E-state index contributed by atoms with van der Waals surface area (Å²) in [5, 5.41) is 3.21. The number of aliphatic imine (C=N–C) groups is 1. The number of likely N-dealkylation sites (tertiary alicyclic amines) is 2. The van der Waals surface area contributed by atoms with Crippen LogP contribution in [0.3, 0.4) is 0 Å². The van der Waals surface area contributed by atoms with Crippen LogP contribution in [0.15, 0.2) is 71.5 Å². The topological polar surface area (TPSA) is 47.9 Å². The van der Waals surface area contributed by atoms with E-state index in [-0.39, 0.29) is 23.7 Å². The van der Waals surface area contributed by atoms with Gasteiger partial charge in [-0.2, -0.15) is 0 Å². The molecule has 3 aliphatic rings. The summed E-state index contributed by atoms with van der Waals surface area (Å²) in [4.78, 5) is 21.6. The monoisotopic (exact) mass is 490 g/mol. The standard InChI is InChI=1S/C29H32F2N4O/c30-23-10-6-21(7-11-23)27-5-3-4-26(20-32-28(27)22-8-12-24(31)13-9-22)34-18-14-25(15-19-34)33-29(36)35-16-1-2-17-35/h5-13,20,25H,1-4,14-19H2,(H,33,36)/b26-20+,27-5-,32-28+. The number of nitrogens with zero attached hydrogens (tertiary/aromatic N) is 3. The molecule has 2 aromatic carbocycles. The van der Waals surface area contributed by atoms with Gasteiger partial charge in [0.05, 0.1) is 5.71 Å². The van der Waals surface area contributed by atoms with E-state index in [1.54, 1.807) is 24.3 Å². The predicted octanol–water partition coefficient (Wildman–Crippen LogP) is 5.74. The average Bonchev–Trinajstić information content (AvgIpc) is 3.42. The highest BCUT2D eigenvalue weighted by Gasteiger charge is 2.25. The van der Waals surface area contributed by atoms with Crippen molar-refractivity contribution in [2.45, 2.75) is 44.6 Å². The van der Waals surface area contributed by atoms with E-state index in [0.717, 1.165) is 92.8 Å². The number of allylic oxidation sites excluding steroid dienone is 3. The van der Waals surface area contributed by atoms with Crippen LogP contribution in [0.5, 0.6) is 0 Å². The largest absolute Gasteiger partial charge is 0.373 e. The molecule has 0 bridgehead atoms. The second-order valence-corrected chi connectivity index (χ2v) is 9.67. The van der Waals surface area contributed by atoms with E-state index in [1.807, 2.05) is 11.1 Å². The van der Waals surface area contributed by atoms with Crippen molar-refractivity contribution in [3.05, 3.63) is 89.3 Å². The Labute approximate surface area is 211 Å². The van der Waals surface area contributed by atoms with Gasteiger partial charge in [0.1, 0.15) is 11.6 Å². The molecule has 36 heavy (non-hydrogen) atoms. The molecular formula is C29H32F2N4O. The maximum atomic E-state index is 13.6. The summed E-state index contributed by atoms with van der Waals surface area (Å²) in [5.74, 6) is -0.582. The first-order chi connectivity index (χ1) is 17.6. The van der Waals surface area contributed by atoms with Crippen LogP contribution in [0.4, 0.5) is 13.6 Å². The van der Waals surface area contributed by atoms with Crippen molar-refractivity contribution < 1.29 is 13.6 Å². The van der Waals surface area contributed by atoms with Crippen LogP contribution in [0.2, 0.25) is 0 Å². The molecule has 0 spiro atoms. The summed E-state index contributed by atoms with van der Waals surface area (Å²) in [6, 6.07) is 13.0. The van der Waals surface area contributed by atoms with Gasteiger partial charge >= 0.3 is 6.03 Å². The Kier molecular flexibility index (Phi) is 7.44. The lowest BCUT2D eigenvalue weighted by atomic mass is 9.93. The number of carbonyl (C=O) groups is 1. The quantitative estimate of drug-likeness (QED) is 0.594. The minimum absolute atomic E-state index is 0.0723. The molecule has 0 aliphatic carbocycles. The second-order valence-electron chi connectivity index (χ2n) is 9.67. The number of halogens is 2. The van der Waals surface area contributed by atoms with Crippen molar-refractivity contribution in [3.63, 3.8) is 0 Å². The molecule has 2 amide bonds. The highest BCUT2D eigenvalue weighted by Crippen LogP contribution is 2.28. The first kappa shape index (κ1) is 24.2. The normalized spacial score (nSPS) is 23.6. The van der Waals surface area contributed by atoms with Crippen molar-refractivity contribution in [2.75, 3.05) is 26.2 Å². The number of urea groups is 1. The van der Waals surface area contributed by atoms with Gasteiger partial charge in [-0.3, -0.25) is 4.99 Å². The Balaban J connectivity index is 1.33. The third kappa shape index (κ3) is 5.66. The van der Waals surface area contributed by atoms with Crippen LogP contribution in [0.1, 0.15) is 49.7 Å². The van der Waals surface area contributed by atoms with Gasteiger partial charge in [0.25, 0.3) is 0 Å². The molecule has 5 rings (SSSR count). The van der Waals surface area contributed by atoms with Crippen LogP contribution in [-0.4, -0.2) is 53.8 Å². The summed E-state index contributed by atoms with van der Waals surface area (Å²) in [7, 11) is 0. The molecule has 0 unspecified atom stereocenters. The predicted molar refractivity (Wildman–Crippen MR) is 139 cm³/mol. The third-order valence-electron chi connectivity index (χ3n) is 7.24. The molecule has 1 N–H and O–H groups in total. The molecule has 0 radical (unpaired) electrons. The molecule has 0 aromatic heterocycles. The van der Waals surface area contributed by atoms with Crippen molar-refractivity contribution >= 4 is 17.3 Å². The molecule has 2 aromatic rings. The van der Waals surface area contributed by atoms with E-state index in [0.29, 0.717) is 0 Å². The minimum Gasteiger partial charge on any atom is -0.373 e. The number of benzene rings is 2. The van der Waals surface area contributed by atoms with Crippen LogP contribution in [-0.2, 0) is 0 Å². The van der Waals surface area contributed by atoms with Gasteiger partial charge in [0.15, 0.2) is 0 Å². The molecule has 0 saturated carbocycles. The van der Waals surface area contributed by atoms with Crippen LogP contribution in [0.25, 0.3) is 5.57 Å². The number of piperidine rings is 1. The fourth-order valence-electron chi connectivity index (χ4n) is 5.19. The average molecular weight is 491 g/mol. The van der Waals surface area contributed by atoms with Crippen molar-refractivity contribution in [1.82, 2.24) is 15.1 Å². The number of hydrogen-bond donors (Lipinski definition) is 1. The lowest BCUT2D eigenvalue weighted by molar-refractivity contribution is 0.190. The van der Waals surface area contributed by atoms with Crippen LogP contribution >= 0.6 is 0 Å². The molecular weight excluding hydrogens is 458 g/mol. The van der Waals surface area contributed by atoms with Gasteiger partial charge in [-0.15, -0.1) is 0 Å². The molecule has 5 nitrogen and oxygen atoms in total. The van der Waals surface area contributed by atoms with Gasteiger partial charge in [0.2, 0.25) is 0 Å². The highest BCUT2D eigenvalue weighted by molar-refractivity contribution is 6.32. The van der Waals surface area contributed by atoms with Crippen molar-refractivity contribution in [2.24, 2.45) is 4.99 Å². The molecule has 7 heteroatoms. The Morgan fingerprint density at radius 1 is 0.861 bits per heavy atom. The maximum Gasteiger partial charge on any atom is 0.317 e. The van der Waals surface area contributed by atoms with Gasteiger partial charge in [0, 0.05) is 55.3 Å². The van der Waals surface area contributed by atoms with Crippen molar-refractivity contribution in [3.8, 4) is 0 Å². The summed E-state index contributed by atoms with van der Waals surface area (Å²) in [6.07, 6.45) is 9.73. The molecule has 3 aliphatic heterocycles. The van der Waals surface area contributed by atoms with E-state index in [1.165, 1.54) is 24.3 Å². The SMILES string of the molecule is O=C(NC1CCN(/C2=C/N=C(c3ccc(F)cc3)/C(c3ccc(F)cc3)=C\CC2)CC1)N1CCCC1. The van der Waals surface area contributed by atoms with E-state index in [2.05, 4.69) is 16.3 Å². The van der Waals surface area contributed by atoms with E-state index in [4.69, 9.17) is 4.99 Å². The highest BCUT2D eigenvalue weighted by atomic mass is 19.1. The van der Waals surface area contributed by atoms with Gasteiger partial charge < -0.3 is 15.1 Å². The number of carbonyl (C=O) groups excluding carboxylic acids is 1. The van der Waals surface area contributed by atoms with Gasteiger partial charge in [-0.05, 0) is 80.5 Å². The van der Waals surface area contributed by atoms with Crippen LogP contribution < -0.4 is 5.32 Å². The minimum atomic E-state index is -0.298. The summed E-state index contributed by atoms with van der Waals surface area (Å²) >= 11 is 0. The fraction of sp³-hybridized carbons (Fsp3) is 0.379.